The Balaban J connectivity index is 0.00000200. The molecule has 5 fully saturated rings. The summed E-state index contributed by atoms with van der Waals surface area (Å²) in [5.74, 6) is -4.84. The second kappa shape index (κ2) is 12.7. The van der Waals surface area contributed by atoms with Gasteiger partial charge in [-0.15, -0.1) is 0 Å². The zero-order valence-electron chi connectivity index (χ0n) is 22.6. The van der Waals surface area contributed by atoms with E-state index in [-0.39, 0.29) is 90.8 Å². The Labute approximate surface area is 266 Å². The number of rotatable bonds is 12. The molecule has 4 aliphatic carbocycles. The first-order valence-corrected chi connectivity index (χ1v) is 12.6. The Bertz CT molecular complexity index is 972. The Morgan fingerprint density at radius 2 is 1.76 bits per heavy atom. The fraction of sp³-hybridized carbons (Fsp3) is 0.692. The predicted molar refractivity (Wildman–Crippen MR) is 118 cm³/mol. The zero-order chi connectivity index (χ0) is 25.6. The largest absolute Gasteiger partial charge is 1.00 e. The average molecular weight is 551 g/mol. The van der Waals surface area contributed by atoms with Crippen LogP contribution in [0.2, 0.25) is 0 Å². The second-order valence-corrected chi connectivity index (χ2v) is 10.4. The van der Waals surface area contributed by atoms with E-state index in [2.05, 4.69) is 0 Å². The number of methoxy groups -OCH3 is 1. The molecule has 4 saturated carbocycles. The molecular formula is C26H32Na2O10. The van der Waals surface area contributed by atoms with Crippen LogP contribution in [-0.2, 0) is 39.4 Å². The van der Waals surface area contributed by atoms with Gasteiger partial charge in [0.15, 0.2) is 12.4 Å². The first-order valence-electron chi connectivity index (χ1n) is 12.6. The molecule has 1 aliphatic heterocycles. The van der Waals surface area contributed by atoms with Gasteiger partial charge in [-0.05, 0) is 63.5 Å². The van der Waals surface area contributed by atoms with E-state index in [1.165, 1.54) is 0 Å². The van der Waals surface area contributed by atoms with Gasteiger partial charge in [0, 0.05) is 43.6 Å². The molecule has 5 aliphatic rings. The molecule has 12 heteroatoms. The van der Waals surface area contributed by atoms with E-state index < -0.39 is 34.8 Å². The van der Waals surface area contributed by atoms with Crippen LogP contribution in [0.25, 0.3) is 0 Å². The van der Waals surface area contributed by atoms with Crippen molar-refractivity contribution in [2.24, 2.45) is 23.7 Å². The molecule has 0 radical (unpaired) electrons. The summed E-state index contributed by atoms with van der Waals surface area (Å²) in [6.45, 7) is 2.61. The summed E-state index contributed by atoms with van der Waals surface area (Å²) in [5.41, 5.74) is -0.341. The molecule has 1 aromatic carbocycles. The first kappa shape index (κ1) is 32.3. The number of hydrogen-bond donors (Lipinski definition) is 0. The summed E-state index contributed by atoms with van der Waals surface area (Å²) >= 11 is 0. The van der Waals surface area contributed by atoms with Crippen molar-refractivity contribution in [1.82, 2.24) is 0 Å². The van der Waals surface area contributed by atoms with Crippen LogP contribution >= 0.6 is 0 Å². The standard InChI is InChI=1S/C26H34O10.2Na/c1-3-32-15-33-20-6-4-5-17(11-20)26(31-2)25(35-36-26)18-9-16-10-19(25)14-24(12-16,13-18)34-8-7-21(22(27)28)23(29)30;;/h4-6,11,16,18-19,21H,3,7-10,12-15H2,1-2H3,(H,27,28)(H,29,30);;/q;2*+1/p-2. The van der Waals surface area contributed by atoms with Crippen LogP contribution in [0.3, 0.4) is 0 Å². The van der Waals surface area contributed by atoms with Gasteiger partial charge >= 0.3 is 59.1 Å². The molecule has 3 unspecified atom stereocenters. The molecule has 4 bridgehead atoms. The molecule has 3 atom stereocenters. The molecule has 0 amide bonds. The van der Waals surface area contributed by atoms with Crippen molar-refractivity contribution in [1.29, 1.82) is 0 Å². The quantitative estimate of drug-likeness (QED) is 0.0816. The Morgan fingerprint density at radius 3 is 2.32 bits per heavy atom. The zero-order valence-corrected chi connectivity index (χ0v) is 26.6. The van der Waals surface area contributed by atoms with E-state index in [1.807, 2.05) is 31.2 Å². The molecule has 1 spiro atoms. The minimum absolute atomic E-state index is 0. The van der Waals surface area contributed by atoms with Gasteiger partial charge in [0.05, 0.1) is 17.5 Å². The third-order valence-electron chi connectivity index (χ3n) is 8.56. The van der Waals surface area contributed by atoms with Crippen molar-refractivity contribution in [2.45, 2.75) is 62.4 Å². The summed E-state index contributed by atoms with van der Waals surface area (Å²) in [4.78, 5) is 34.1. The number of carbonyl (C=O) groups is 2. The molecule has 198 valence electrons. The molecule has 1 saturated heterocycles. The minimum atomic E-state index is -1.69. The van der Waals surface area contributed by atoms with Crippen LogP contribution in [0.15, 0.2) is 24.3 Å². The van der Waals surface area contributed by atoms with Crippen LogP contribution < -0.4 is 74.1 Å². The van der Waals surface area contributed by atoms with E-state index in [1.54, 1.807) is 7.11 Å². The van der Waals surface area contributed by atoms with Crippen molar-refractivity contribution < 1.29 is 108 Å². The van der Waals surface area contributed by atoms with Gasteiger partial charge in [-0.1, -0.05) is 12.1 Å². The maximum absolute atomic E-state index is 11.1. The SMILES string of the molecule is CCOCOc1cccc(C2(OC)OOC23C2CC4CC3CC(OCCC(C(=O)[O-])C(=O)[O-])(C4)C2)c1.[Na+].[Na+]. The van der Waals surface area contributed by atoms with Gasteiger partial charge in [0.1, 0.15) is 5.75 Å². The Kier molecular flexibility index (Phi) is 10.8. The summed E-state index contributed by atoms with van der Waals surface area (Å²) in [6, 6.07) is 7.58. The summed E-state index contributed by atoms with van der Waals surface area (Å²) in [7, 11) is 1.62. The third kappa shape index (κ3) is 5.36. The van der Waals surface area contributed by atoms with Crippen molar-refractivity contribution in [2.75, 3.05) is 27.1 Å². The van der Waals surface area contributed by atoms with E-state index in [0.29, 0.717) is 31.1 Å². The van der Waals surface area contributed by atoms with E-state index >= 15 is 0 Å². The number of carboxylic acid groups (broad SMARTS) is 2. The number of hydrogen-bond acceptors (Lipinski definition) is 10. The predicted octanol–water partition coefficient (Wildman–Crippen LogP) is -5.33. The van der Waals surface area contributed by atoms with Crippen molar-refractivity contribution in [3.8, 4) is 5.75 Å². The normalized spacial score (nSPS) is 34.3. The van der Waals surface area contributed by atoms with Crippen LogP contribution in [0.5, 0.6) is 5.75 Å². The van der Waals surface area contributed by atoms with E-state index in [4.69, 9.17) is 28.7 Å². The van der Waals surface area contributed by atoms with Crippen LogP contribution in [0, 0.1) is 23.7 Å². The van der Waals surface area contributed by atoms with Gasteiger partial charge in [0.25, 0.3) is 5.79 Å². The van der Waals surface area contributed by atoms with Gasteiger partial charge in [0.2, 0.25) is 0 Å². The average Bonchev–Trinajstić information content (AvgIpc) is 2.81. The Morgan fingerprint density at radius 1 is 1.08 bits per heavy atom. The summed E-state index contributed by atoms with van der Waals surface area (Å²) in [5, 5.41) is 22.2. The monoisotopic (exact) mass is 550 g/mol. The molecule has 0 N–H and O–H groups in total. The fourth-order valence-corrected chi connectivity index (χ4v) is 7.25. The Hall–Kier alpha value is -0.240. The van der Waals surface area contributed by atoms with E-state index in [0.717, 1.165) is 24.8 Å². The summed E-state index contributed by atoms with van der Waals surface area (Å²) < 4.78 is 23.4. The van der Waals surface area contributed by atoms with Crippen LogP contribution in [0.1, 0.15) is 51.0 Å². The van der Waals surface area contributed by atoms with Crippen molar-refractivity contribution in [3.05, 3.63) is 29.8 Å². The minimum Gasteiger partial charge on any atom is -0.549 e. The maximum atomic E-state index is 11.1. The molecule has 6 rings (SSSR count). The third-order valence-corrected chi connectivity index (χ3v) is 8.56. The number of benzene rings is 1. The number of aliphatic carboxylic acids is 2. The van der Waals surface area contributed by atoms with Gasteiger partial charge in [-0.2, -0.15) is 4.89 Å². The van der Waals surface area contributed by atoms with E-state index in [9.17, 15) is 19.8 Å². The summed E-state index contributed by atoms with van der Waals surface area (Å²) in [6.07, 6.45) is 3.94. The topological polar surface area (TPSA) is 136 Å². The van der Waals surface area contributed by atoms with Crippen molar-refractivity contribution in [3.63, 3.8) is 0 Å². The van der Waals surface area contributed by atoms with Crippen LogP contribution in [-0.4, -0.2) is 50.3 Å². The first-order chi connectivity index (χ1) is 17.3. The molecule has 1 heterocycles. The van der Waals surface area contributed by atoms with Gasteiger partial charge in [-0.3, -0.25) is 0 Å². The molecule has 38 heavy (non-hydrogen) atoms. The number of carboxylic acids is 2. The number of carbonyl (C=O) groups excluding carboxylic acids is 2. The molecular weight excluding hydrogens is 518 g/mol. The fourth-order valence-electron chi connectivity index (χ4n) is 7.25. The van der Waals surface area contributed by atoms with Gasteiger partial charge < -0.3 is 38.7 Å². The van der Waals surface area contributed by atoms with Crippen molar-refractivity contribution >= 4 is 11.9 Å². The second-order valence-electron chi connectivity index (χ2n) is 10.4. The molecule has 10 nitrogen and oxygen atoms in total. The number of ether oxygens (including phenoxy) is 4. The van der Waals surface area contributed by atoms with Crippen LogP contribution in [0.4, 0.5) is 0 Å². The van der Waals surface area contributed by atoms with Gasteiger partial charge in [-0.25, -0.2) is 4.89 Å². The maximum Gasteiger partial charge on any atom is 1.00 e. The molecule has 1 aromatic rings. The smallest absolute Gasteiger partial charge is 0.549 e. The molecule has 0 aromatic heterocycles.